The zero-order valence-corrected chi connectivity index (χ0v) is 10.7. The largest absolute Gasteiger partial charge is 0.446 e. The second kappa shape index (κ2) is 4.95. The van der Waals surface area contributed by atoms with Gasteiger partial charge in [0.05, 0.1) is 0 Å². The highest BCUT2D eigenvalue weighted by atomic mass is 127. The highest BCUT2D eigenvalue weighted by Crippen LogP contribution is 2.27. The molecule has 2 nitrogen and oxygen atoms in total. The van der Waals surface area contributed by atoms with E-state index >= 15 is 0 Å². The first-order chi connectivity index (χ1) is 6.11. The number of rotatable bonds is 2. The van der Waals surface area contributed by atoms with E-state index in [1.807, 2.05) is 24.3 Å². The van der Waals surface area contributed by atoms with Gasteiger partial charge in [0.25, 0.3) is 0 Å². The number of alkyl halides is 1. The van der Waals surface area contributed by atoms with Crippen LogP contribution in [0.4, 0.5) is 0 Å². The van der Waals surface area contributed by atoms with Crippen LogP contribution in [0.2, 0.25) is 0 Å². The summed E-state index contributed by atoms with van der Waals surface area (Å²) < 4.78 is 6.06. The standard InChI is InChI=1S/C9H8BrIO2/c1-6(12)13-9(10)7-4-2-3-5-8(7)11/h2-5,9H,1H3. The molecule has 1 aromatic carbocycles. The molecule has 0 saturated carbocycles. The molecule has 13 heavy (non-hydrogen) atoms. The van der Waals surface area contributed by atoms with Crippen LogP contribution in [-0.4, -0.2) is 5.97 Å². The summed E-state index contributed by atoms with van der Waals surface area (Å²) >= 11 is 5.49. The summed E-state index contributed by atoms with van der Waals surface area (Å²) in [6, 6.07) is 7.74. The molecule has 0 amide bonds. The number of hydrogen-bond acceptors (Lipinski definition) is 2. The number of carbonyl (C=O) groups is 1. The fourth-order valence-electron chi connectivity index (χ4n) is 0.868. The van der Waals surface area contributed by atoms with Gasteiger partial charge in [-0.15, -0.1) is 0 Å². The Morgan fingerprint density at radius 2 is 2.15 bits per heavy atom. The Morgan fingerprint density at radius 1 is 1.54 bits per heavy atom. The molecule has 1 rings (SSSR count). The molecular weight excluding hydrogens is 347 g/mol. The second-order valence-corrected chi connectivity index (χ2v) is 4.44. The van der Waals surface area contributed by atoms with Gasteiger partial charge in [-0.3, -0.25) is 4.79 Å². The number of hydrogen-bond donors (Lipinski definition) is 0. The van der Waals surface area contributed by atoms with Crippen molar-refractivity contribution in [2.75, 3.05) is 0 Å². The van der Waals surface area contributed by atoms with Crippen molar-refractivity contribution in [1.29, 1.82) is 0 Å². The summed E-state index contributed by atoms with van der Waals surface area (Å²) in [5.74, 6) is -0.290. The zero-order valence-electron chi connectivity index (χ0n) is 6.96. The summed E-state index contributed by atoms with van der Waals surface area (Å²) in [7, 11) is 0. The third-order valence-corrected chi connectivity index (χ3v) is 3.08. The van der Waals surface area contributed by atoms with Gasteiger partial charge in [-0.1, -0.05) is 18.2 Å². The zero-order chi connectivity index (χ0) is 9.84. The number of carbonyl (C=O) groups excluding carboxylic acids is 1. The maximum atomic E-state index is 10.7. The van der Waals surface area contributed by atoms with Crippen molar-refractivity contribution in [1.82, 2.24) is 0 Å². The molecule has 70 valence electrons. The fraction of sp³-hybridized carbons (Fsp3) is 0.222. The maximum Gasteiger partial charge on any atom is 0.304 e. The monoisotopic (exact) mass is 354 g/mol. The van der Waals surface area contributed by atoms with Gasteiger partial charge in [-0.05, 0) is 44.6 Å². The quantitative estimate of drug-likeness (QED) is 0.463. The van der Waals surface area contributed by atoms with Crippen molar-refractivity contribution in [3.05, 3.63) is 33.4 Å². The Hall–Kier alpha value is -0.100. The maximum absolute atomic E-state index is 10.7. The van der Waals surface area contributed by atoms with Gasteiger partial charge in [0.2, 0.25) is 0 Å². The van der Waals surface area contributed by atoms with E-state index in [-0.39, 0.29) is 11.0 Å². The lowest BCUT2D eigenvalue weighted by Crippen LogP contribution is -2.03. The average Bonchev–Trinajstić information content (AvgIpc) is 2.03. The molecule has 0 fully saturated rings. The predicted octanol–water partition coefficient (Wildman–Crippen LogP) is 3.25. The lowest BCUT2D eigenvalue weighted by Gasteiger charge is -2.11. The van der Waals surface area contributed by atoms with E-state index in [1.54, 1.807) is 0 Å². The molecule has 0 bridgehead atoms. The van der Waals surface area contributed by atoms with Crippen LogP contribution < -0.4 is 0 Å². The van der Waals surface area contributed by atoms with E-state index in [0.717, 1.165) is 9.13 Å². The Labute approximate surface area is 98.9 Å². The molecule has 1 atom stereocenters. The van der Waals surface area contributed by atoms with Crippen molar-refractivity contribution >= 4 is 44.5 Å². The molecule has 0 saturated heterocycles. The number of halogens is 2. The third kappa shape index (κ3) is 3.27. The van der Waals surface area contributed by atoms with Gasteiger partial charge >= 0.3 is 5.97 Å². The SMILES string of the molecule is CC(=O)OC(Br)c1ccccc1I. The third-order valence-electron chi connectivity index (χ3n) is 1.42. The van der Waals surface area contributed by atoms with Gasteiger partial charge in [-0.25, -0.2) is 0 Å². The highest BCUT2D eigenvalue weighted by Gasteiger charge is 2.12. The van der Waals surface area contributed by atoms with Crippen LogP contribution in [0.25, 0.3) is 0 Å². The second-order valence-electron chi connectivity index (χ2n) is 2.45. The lowest BCUT2D eigenvalue weighted by atomic mass is 10.2. The summed E-state index contributed by atoms with van der Waals surface area (Å²) in [6.07, 6.45) is 0. The Kier molecular flexibility index (Phi) is 4.18. The van der Waals surface area contributed by atoms with E-state index < -0.39 is 0 Å². The summed E-state index contributed by atoms with van der Waals surface area (Å²) in [6.45, 7) is 1.39. The van der Waals surface area contributed by atoms with Crippen LogP contribution in [0.3, 0.4) is 0 Å². The number of ether oxygens (including phenoxy) is 1. The normalized spacial score (nSPS) is 12.2. The molecule has 0 aliphatic carbocycles. The number of esters is 1. The first-order valence-electron chi connectivity index (χ1n) is 3.67. The molecule has 4 heteroatoms. The fourth-order valence-corrected chi connectivity index (χ4v) is 2.63. The van der Waals surface area contributed by atoms with E-state index in [2.05, 4.69) is 38.5 Å². The summed E-state index contributed by atoms with van der Waals surface area (Å²) in [4.78, 5) is 10.7. The summed E-state index contributed by atoms with van der Waals surface area (Å²) in [5, 5.41) is -0.349. The molecule has 1 unspecified atom stereocenters. The first kappa shape index (κ1) is 11.0. The highest BCUT2D eigenvalue weighted by molar-refractivity contribution is 14.1. The van der Waals surface area contributed by atoms with Gasteiger partial charge in [-0.2, -0.15) is 0 Å². The number of benzene rings is 1. The summed E-state index contributed by atoms with van der Waals surface area (Å²) in [5.41, 5.74) is 0.971. The average molecular weight is 355 g/mol. The minimum absolute atomic E-state index is 0.290. The van der Waals surface area contributed by atoms with Crippen molar-refractivity contribution in [2.24, 2.45) is 0 Å². The molecule has 0 aliphatic heterocycles. The first-order valence-corrected chi connectivity index (χ1v) is 5.66. The minimum atomic E-state index is -0.349. The predicted molar refractivity (Wildman–Crippen MR) is 62.6 cm³/mol. The van der Waals surface area contributed by atoms with Crippen molar-refractivity contribution in [3.8, 4) is 0 Å². The Balaban J connectivity index is 2.82. The van der Waals surface area contributed by atoms with Crippen molar-refractivity contribution in [3.63, 3.8) is 0 Å². The van der Waals surface area contributed by atoms with Crippen LogP contribution in [0, 0.1) is 3.57 Å². The molecule has 0 radical (unpaired) electrons. The van der Waals surface area contributed by atoms with E-state index in [4.69, 9.17) is 4.74 Å². The van der Waals surface area contributed by atoms with Gasteiger partial charge < -0.3 is 4.74 Å². The minimum Gasteiger partial charge on any atom is -0.446 e. The van der Waals surface area contributed by atoms with E-state index in [1.165, 1.54) is 6.92 Å². The molecular formula is C9H8BrIO2. The molecule has 0 spiro atoms. The molecule has 0 aromatic heterocycles. The Morgan fingerprint density at radius 3 is 2.69 bits per heavy atom. The van der Waals surface area contributed by atoms with Gasteiger partial charge in [0.1, 0.15) is 0 Å². The van der Waals surface area contributed by atoms with Gasteiger partial charge in [0, 0.05) is 16.1 Å². The Bertz CT molecular complexity index is 314. The molecule has 1 aromatic rings. The van der Waals surface area contributed by atoms with Crippen molar-refractivity contribution in [2.45, 2.75) is 11.9 Å². The lowest BCUT2D eigenvalue weighted by molar-refractivity contribution is -0.142. The van der Waals surface area contributed by atoms with Crippen LogP contribution >= 0.6 is 38.5 Å². The smallest absolute Gasteiger partial charge is 0.304 e. The van der Waals surface area contributed by atoms with Crippen LogP contribution in [0.5, 0.6) is 0 Å². The molecule has 0 aliphatic rings. The van der Waals surface area contributed by atoms with Crippen molar-refractivity contribution < 1.29 is 9.53 Å². The van der Waals surface area contributed by atoms with Crippen LogP contribution in [0.1, 0.15) is 17.5 Å². The van der Waals surface area contributed by atoms with Gasteiger partial charge in [0.15, 0.2) is 5.01 Å². The van der Waals surface area contributed by atoms with E-state index in [0.29, 0.717) is 0 Å². The molecule has 0 N–H and O–H groups in total. The van der Waals surface area contributed by atoms with Crippen LogP contribution in [-0.2, 0) is 9.53 Å². The topological polar surface area (TPSA) is 26.3 Å². The van der Waals surface area contributed by atoms with E-state index in [9.17, 15) is 4.79 Å². The van der Waals surface area contributed by atoms with Crippen LogP contribution in [0.15, 0.2) is 24.3 Å². The molecule has 0 heterocycles.